The standard InChI is InChI=1S/C44H82NO3P/c1-4-7-10-13-15-17-19-21-23-25-27-29-31-33-36-39-42(46)49(41(44(45)48)38-35-12-9-6-3)43(47)40-37-34-32-30-28-26-24-22-20-18-16-14-11-8-5-2/h21-24,41H,4-20,25-40H2,1-3H3,(H2,45,48). The van der Waals surface area contributed by atoms with E-state index in [0.717, 1.165) is 77.0 Å². The molecule has 0 aliphatic rings. The maximum Gasteiger partial charge on any atom is 0.225 e. The van der Waals surface area contributed by atoms with Crippen LogP contribution in [0.2, 0.25) is 0 Å². The van der Waals surface area contributed by atoms with E-state index < -0.39 is 19.5 Å². The van der Waals surface area contributed by atoms with Crippen molar-refractivity contribution in [3.8, 4) is 0 Å². The number of carbonyl (C=O) groups is 3. The van der Waals surface area contributed by atoms with Gasteiger partial charge in [-0.05, 0) is 70.6 Å². The zero-order valence-corrected chi connectivity index (χ0v) is 33.9. The topological polar surface area (TPSA) is 77.2 Å². The molecule has 0 rings (SSSR count). The van der Waals surface area contributed by atoms with Crippen molar-refractivity contribution in [3.05, 3.63) is 24.3 Å². The molecule has 0 aliphatic carbocycles. The average molecular weight is 704 g/mol. The Labute approximate surface area is 306 Å². The fraction of sp³-hybridized carbons (Fsp3) is 0.841. The summed E-state index contributed by atoms with van der Waals surface area (Å²) in [6.07, 6.45) is 46.5. The van der Waals surface area contributed by atoms with Crippen LogP contribution in [0.1, 0.15) is 233 Å². The van der Waals surface area contributed by atoms with Crippen molar-refractivity contribution >= 4 is 24.9 Å². The lowest BCUT2D eigenvalue weighted by atomic mass is 10.1. The first-order chi connectivity index (χ1) is 24.0. The number of allylic oxidation sites excluding steroid dienone is 4. The van der Waals surface area contributed by atoms with Crippen molar-refractivity contribution in [2.24, 2.45) is 5.73 Å². The van der Waals surface area contributed by atoms with Crippen molar-refractivity contribution in [1.82, 2.24) is 0 Å². The Balaban J connectivity index is 4.45. The van der Waals surface area contributed by atoms with Gasteiger partial charge < -0.3 is 5.73 Å². The Morgan fingerprint density at radius 2 is 0.714 bits per heavy atom. The Morgan fingerprint density at radius 3 is 1.04 bits per heavy atom. The molecule has 0 aromatic heterocycles. The summed E-state index contributed by atoms with van der Waals surface area (Å²) in [6.45, 7) is 6.69. The van der Waals surface area contributed by atoms with Gasteiger partial charge in [0.25, 0.3) is 0 Å². The van der Waals surface area contributed by atoms with Crippen LogP contribution in [0.4, 0.5) is 0 Å². The van der Waals surface area contributed by atoms with Gasteiger partial charge in [0.05, 0.1) is 5.66 Å². The normalized spacial score (nSPS) is 13.0. The Bertz CT molecular complexity index is 771. The summed E-state index contributed by atoms with van der Waals surface area (Å²) in [5.74, 6) is -0.446. The lowest BCUT2D eigenvalue weighted by Crippen LogP contribution is -2.31. The average Bonchev–Trinajstić information content (AvgIpc) is 3.09. The van der Waals surface area contributed by atoms with Gasteiger partial charge in [0.2, 0.25) is 5.91 Å². The second-order valence-corrected chi connectivity index (χ2v) is 17.0. The molecule has 0 aromatic carbocycles. The van der Waals surface area contributed by atoms with Crippen molar-refractivity contribution in [2.75, 3.05) is 0 Å². The summed E-state index contributed by atoms with van der Waals surface area (Å²) in [7, 11) is -1.66. The predicted octanol–water partition coefficient (Wildman–Crippen LogP) is 14.4. The minimum Gasteiger partial charge on any atom is -0.369 e. The lowest BCUT2D eigenvalue weighted by molar-refractivity contribution is -0.119. The second kappa shape index (κ2) is 38.0. The van der Waals surface area contributed by atoms with Gasteiger partial charge in [-0.2, -0.15) is 0 Å². The lowest BCUT2D eigenvalue weighted by Gasteiger charge is -2.23. The fourth-order valence-corrected chi connectivity index (χ4v) is 9.05. The Kier molecular flexibility index (Phi) is 37.0. The largest absolute Gasteiger partial charge is 0.369 e. The summed E-state index contributed by atoms with van der Waals surface area (Å²) >= 11 is 0. The minimum atomic E-state index is -1.66. The maximum atomic E-state index is 13.5. The highest BCUT2D eigenvalue weighted by molar-refractivity contribution is 7.90. The van der Waals surface area contributed by atoms with Crippen molar-refractivity contribution < 1.29 is 14.4 Å². The molecular formula is C44H82NO3P. The van der Waals surface area contributed by atoms with Crippen LogP contribution in [0.3, 0.4) is 0 Å². The van der Waals surface area contributed by atoms with Crippen molar-refractivity contribution in [3.63, 3.8) is 0 Å². The Hall–Kier alpha value is -1.28. The van der Waals surface area contributed by atoms with E-state index in [2.05, 4.69) is 45.1 Å². The van der Waals surface area contributed by atoms with E-state index in [1.165, 1.54) is 116 Å². The van der Waals surface area contributed by atoms with Gasteiger partial charge >= 0.3 is 0 Å². The van der Waals surface area contributed by atoms with Gasteiger partial charge in [-0.1, -0.05) is 173 Å². The smallest absolute Gasteiger partial charge is 0.225 e. The molecule has 0 aliphatic heterocycles. The van der Waals surface area contributed by atoms with E-state index >= 15 is 0 Å². The minimum absolute atomic E-state index is 0.0182. The van der Waals surface area contributed by atoms with Crippen LogP contribution < -0.4 is 5.73 Å². The first kappa shape index (κ1) is 47.7. The van der Waals surface area contributed by atoms with E-state index in [0.29, 0.717) is 19.3 Å². The molecule has 1 amide bonds. The van der Waals surface area contributed by atoms with Crippen LogP contribution in [0.5, 0.6) is 0 Å². The molecule has 0 fully saturated rings. The third-order valence-corrected chi connectivity index (χ3v) is 12.5. The number of carbonyl (C=O) groups excluding carboxylic acids is 3. The van der Waals surface area contributed by atoms with Crippen molar-refractivity contribution in [2.45, 2.75) is 238 Å². The summed E-state index contributed by atoms with van der Waals surface area (Å²) < 4.78 is 0. The highest BCUT2D eigenvalue weighted by Crippen LogP contribution is 2.48. The van der Waals surface area contributed by atoms with Gasteiger partial charge in [0, 0.05) is 20.8 Å². The number of amides is 1. The highest BCUT2D eigenvalue weighted by Gasteiger charge is 2.36. The van der Waals surface area contributed by atoms with E-state index in [-0.39, 0.29) is 11.0 Å². The van der Waals surface area contributed by atoms with E-state index in [1.54, 1.807) is 0 Å². The van der Waals surface area contributed by atoms with Gasteiger partial charge in [0.1, 0.15) is 0 Å². The number of hydrogen-bond donors (Lipinski definition) is 1. The van der Waals surface area contributed by atoms with Gasteiger partial charge in [-0.25, -0.2) is 0 Å². The molecule has 1 unspecified atom stereocenters. The van der Waals surface area contributed by atoms with E-state index in [9.17, 15) is 14.4 Å². The number of hydrogen-bond acceptors (Lipinski definition) is 3. The van der Waals surface area contributed by atoms with Gasteiger partial charge in [-0.3, -0.25) is 14.4 Å². The first-order valence-corrected chi connectivity index (χ1v) is 22.8. The quantitative estimate of drug-likeness (QED) is 0.0393. The molecule has 0 heterocycles. The SMILES string of the molecule is CCCCCCCCC=CCCCCCCCC(=O)P(C(=O)CCCCCCCC=CCCCCCCCC)C(CCCCCC)C(N)=O. The van der Waals surface area contributed by atoms with Crippen molar-refractivity contribution in [1.29, 1.82) is 0 Å². The molecule has 0 spiro atoms. The molecule has 0 saturated carbocycles. The molecule has 4 nitrogen and oxygen atoms in total. The summed E-state index contributed by atoms with van der Waals surface area (Å²) in [4.78, 5) is 39.6. The van der Waals surface area contributed by atoms with E-state index in [4.69, 9.17) is 5.73 Å². The molecule has 49 heavy (non-hydrogen) atoms. The molecule has 1 atom stereocenters. The van der Waals surface area contributed by atoms with Crippen LogP contribution in [-0.4, -0.2) is 22.6 Å². The monoisotopic (exact) mass is 704 g/mol. The second-order valence-electron chi connectivity index (χ2n) is 14.6. The van der Waals surface area contributed by atoms with Gasteiger partial charge in [-0.15, -0.1) is 0 Å². The van der Waals surface area contributed by atoms with Crippen LogP contribution in [0.25, 0.3) is 0 Å². The summed E-state index contributed by atoms with van der Waals surface area (Å²) in [6, 6.07) is 0. The summed E-state index contributed by atoms with van der Waals surface area (Å²) in [5.41, 5.74) is 5.31. The molecule has 0 bridgehead atoms. The van der Waals surface area contributed by atoms with Crippen LogP contribution in [0, 0.1) is 0 Å². The zero-order chi connectivity index (χ0) is 36.0. The predicted molar refractivity (Wildman–Crippen MR) is 218 cm³/mol. The number of rotatable bonds is 39. The Morgan fingerprint density at radius 1 is 0.429 bits per heavy atom. The summed E-state index contributed by atoms with van der Waals surface area (Å²) in [5, 5.41) is 0. The molecule has 0 aromatic rings. The third kappa shape index (κ3) is 31.2. The van der Waals surface area contributed by atoms with Gasteiger partial charge in [0.15, 0.2) is 11.0 Å². The fourth-order valence-electron chi connectivity index (χ4n) is 6.58. The molecule has 0 saturated heterocycles. The maximum absolute atomic E-state index is 13.5. The zero-order valence-electron chi connectivity index (χ0n) is 33.0. The number of nitrogens with two attached hydrogens (primary N) is 1. The highest BCUT2D eigenvalue weighted by atomic mass is 31.1. The molecule has 2 N–H and O–H groups in total. The molecule has 286 valence electrons. The molecular weight excluding hydrogens is 621 g/mol. The number of primary amides is 1. The van der Waals surface area contributed by atoms with Crippen LogP contribution in [0.15, 0.2) is 24.3 Å². The third-order valence-electron chi connectivity index (χ3n) is 9.81. The van der Waals surface area contributed by atoms with Crippen LogP contribution >= 0.6 is 7.92 Å². The molecule has 0 radical (unpaired) electrons. The van der Waals surface area contributed by atoms with E-state index in [1.807, 2.05) is 0 Å². The van der Waals surface area contributed by atoms with Crippen LogP contribution in [-0.2, 0) is 14.4 Å². The number of unbranched alkanes of at least 4 members (excludes halogenated alkanes) is 25. The molecule has 5 heteroatoms. The first-order valence-electron chi connectivity index (χ1n) is 21.4.